The molecule has 4 nitrogen and oxygen atoms in total. The maximum Gasteiger partial charge on any atom is 0.234 e. The molecule has 0 aromatic heterocycles. The molecule has 4 heteroatoms. The van der Waals surface area contributed by atoms with Crippen molar-refractivity contribution in [3.8, 4) is 0 Å². The Morgan fingerprint density at radius 3 is 2.73 bits per heavy atom. The van der Waals surface area contributed by atoms with Crippen molar-refractivity contribution in [2.45, 2.75) is 44.7 Å². The van der Waals surface area contributed by atoms with Crippen molar-refractivity contribution in [1.29, 1.82) is 0 Å². The lowest BCUT2D eigenvalue weighted by atomic mass is 10.2. The van der Waals surface area contributed by atoms with Gasteiger partial charge in [0.2, 0.25) is 5.91 Å². The molecule has 0 radical (unpaired) electrons. The summed E-state index contributed by atoms with van der Waals surface area (Å²) in [7, 11) is 1.64. The highest BCUT2D eigenvalue weighted by Crippen LogP contribution is 2.17. The molecule has 0 heterocycles. The van der Waals surface area contributed by atoms with Gasteiger partial charge in [-0.3, -0.25) is 4.79 Å². The van der Waals surface area contributed by atoms with E-state index in [2.05, 4.69) is 10.6 Å². The van der Waals surface area contributed by atoms with Crippen molar-refractivity contribution < 1.29 is 9.53 Å². The third-order valence-corrected chi connectivity index (χ3v) is 2.73. The molecule has 1 aliphatic rings. The van der Waals surface area contributed by atoms with Crippen LogP contribution in [0.15, 0.2) is 0 Å². The number of hydrogen-bond acceptors (Lipinski definition) is 3. The Bertz CT molecular complexity index is 191. The summed E-state index contributed by atoms with van der Waals surface area (Å²) in [5, 5.41) is 6.15. The summed E-state index contributed by atoms with van der Waals surface area (Å²) in [4.78, 5) is 11.5. The average Bonchev–Trinajstić information content (AvgIpc) is 2.67. The summed E-state index contributed by atoms with van der Waals surface area (Å²) < 4.78 is 4.95. The second-order valence-corrected chi connectivity index (χ2v) is 4.29. The molecule has 0 spiro atoms. The van der Waals surface area contributed by atoms with Crippen LogP contribution in [-0.2, 0) is 9.53 Å². The molecule has 0 saturated heterocycles. The van der Waals surface area contributed by atoms with Crippen molar-refractivity contribution >= 4 is 5.91 Å². The van der Waals surface area contributed by atoms with Crippen LogP contribution in [0.1, 0.15) is 32.6 Å². The van der Waals surface area contributed by atoms with E-state index in [-0.39, 0.29) is 11.9 Å². The summed E-state index contributed by atoms with van der Waals surface area (Å²) in [5.74, 6) is 0.0615. The molecular formula is C11H22N2O2. The Morgan fingerprint density at radius 1 is 1.47 bits per heavy atom. The molecule has 1 unspecified atom stereocenters. The van der Waals surface area contributed by atoms with Crippen LogP contribution in [0.4, 0.5) is 0 Å². The lowest BCUT2D eigenvalue weighted by Crippen LogP contribution is -2.43. The minimum atomic E-state index is 0.0615. The second-order valence-electron chi connectivity index (χ2n) is 4.29. The maximum atomic E-state index is 11.5. The van der Waals surface area contributed by atoms with Gasteiger partial charge in [0.1, 0.15) is 0 Å². The lowest BCUT2D eigenvalue weighted by molar-refractivity contribution is -0.121. The van der Waals surface area contributed by atoms with E-state index in [9.17, 15) is 4.79 Å². The smallest absolute Gasteiger partial charge is 0.234 e. The van der Waals surface area contributed by atoms with Crippen molar-refractivity contribution in [2.24, 2.45) is 0 Å². The van der Waals surface area contributed by atoms with E-state index in [1.54, 1.807) is 7.11 Å². The van der Waals surface area contributed by atoms with Crippen molar-refractivity contribution in [3.05, 3.63) is 0 Å². The van der Waals surface area contributed by atoms with Gasteiger partial charge < -0.3 is 15.4 Å². The molecule has 0 aromatic rings. The molecular weight excluding hydrogens is 192 g/mol. The van der Waals surface area contributed by atoms with Gasteiger partial charge in [0.15, 0.2) is 0 Å². The van der Waals surface area contributed by atoms with Crippen molar-refractivity contribution in [1.82, 2.24) is 10.6 Å². The second kappa shape index (κ2) is 6.80. The van der Waals surface area contributed by atoms with Crippen LogP contribution < -0.4 is 10.6 Å². The van der Waals surface area contributed by atoms with Crippen LogP contribution in [-0.4, -0.2) is 38.3 Å². The van der Waals surface area contributed by atoms with Crippen LogP contribution in [0.25, 0.3) is 0 Å². The van der Waals surface area contributed by atoms with Crippen molar-refractivity contribution in [2.75, 3.05) is 20.3 Å². The molecule has 88 valence electrons. The molecule has 0 aromatic carbocycles. The number of amides is 1. The fourth-order valence-corrected chi connectivity index (χ4v) is 1.98. The number of rotatable bonds is 6. The third kappa shape index (κ3) is 5.14. The summed E-state index contributed by atoms with van der Waals surface area (Å²) in [5.41, 5.74) is 0. The average molecular weight is 214 g/mol. The molecule has 1 aliphatic carbocycles. The molecule has 0 aliphatic heterocycles. The number of ether oxygens (including phenoxy) is 1. The van der Waals surface area contributed by atoms with Gasteiger partial charge in [-0.05, 0) is 19.8 Å². The predicted molar refractivity (Wildman–Crippen MR) is 59.7 cm³/mol. The number of carbonyl (C=O) groups excluding carboxylic acids is 1. The highest BCUT2D eigenvalue weighted by Gasteiger charge is 2.15. The predicted octanol–water partition coefficient (Wildman–Crippen LogP) is 0.670. The van der Waals surface area contributed by atoms with Crippen LogP contribution in [0.2, 0.25) is 0 Å². The van der Waals surface area contributed by atoms with Crippen LogP contribution in [0.3, 0.4) is 0 Å². The van der Waals surface area contributed by atoms with Gasteiger partial charge in [0.25, 0.3) is 0 Å². The SMILES string of the molecule is COCC(C)NC(=O)CNC1CCCC1. The summed E-state index contributed by atoms with van der Waals surface area (Å²) >= 11 is 0. The quantitative estimate of drug-likeness (QED) is 0.683. The van der Waals surface area contributed by atoms with Gasteiger partial charge in [0.05, 0.1) is 13.2 Å². The van der Waals surface area contributed by atoms with Gasteiger partial charge in [-0.25, -0.2) is 0 Å². The van der Waals surface area contributed by atoms with E-state index in [1.807, 2.05) is 6.92 Å². The van der Waals surface area contributed by atoms with E-state index >= 15 is 0 Å². The normalized spacial score (nSPS) is 19.1. The van der Waals surface area contributed by atoms with Crippen molar-refractivity contribution in [3.63, 3.8) is 0 Å². The summed E-state index contributed by atoms with van der Waals surface area (Å²) in [6.07, 6.45) is 5.00. The Labute approximate surface area is 91.8 Å². The number of nitrogens with one attached hydrogen (secondary N) is 2. The van der Waals surface area contributed by atoms with E-state index in [1.165, 1.54) is 25.7 Å². The molecule has 1 rings (SSSR count). The summed E-state index contributed by atoms with van der Waals surface area (Å²) in [6.45, 7) is 2.94. The summed E-state index contributed by atoms with van der Waals surface area (Å²) in [6, 6.07) is 0.640. The van der Waals surface area contributed by atoms with E-state index in [4.69, 9.17) is 4.74 Å². The first-order valence-electron chi connectivity index (χ1n) is 5.74. The standard InChI is InChI=1S/C11H22N2O2/c1-9(8-15-2)13-11(14)7-12-10-5-3-4-6-10/h9-10,12H,3-8H2,1-2H3,(H,13,14). The van der Waals surface area contributed by atoms with Gasteiger partial charge >= 0.3 is 0 Å². The van der Waals surface area contributed by atoms with Gasteiger partial charge in [-0.15, -0.1) is 0 Å². The molecule has 0 bridgehead atoms. The van der Waals surface area contributed by atoms with E-state index < -0.39 is 0 Å². The number of hydrogen-bond donors (Lipinski definition) is 2. The van der Waals surface area contributed by atoms with E-state index in [0.717, 1.165) is 0 Å². The van der Waals surface area contributed by atoms with Crippen LogP contribution in [0, 0.1) is 0 Å². The first-order chi connectivity index (χ1) is 7.22. The minimum absolute atomic E-state index is 0.0615. The molecule has 1 saturated carbocycles. The van der Waals surface area contributed by atoms with Gasteiger partial charge in [-0.2, -0.15) is 0 Å². The highest BCUT2D eigenvalue weighted by atomic mass is 16.5. The molecule has 15 heavy (non-hydrogen) atoms. The largest absolute Gasteiger partial charge is 0.383 e. The number of methoxy groups -OCH3 is 1. The Morgan fingerprint density at radius 2 is 2.13 bits per heavy atom. The fraction of sp³-hybridized carbons (Fsp3) is 0.909. The minimum Gasteiger partial charge on any atom is -0.383 e. The third-order valence-electron chi connectivity index (χ3n) is 2.73. The van der Waals surface area contributed by atoms with Crippen LogP contribution in [0.5, 0.6) is 0 Å². The van der Waals surface area contributed by atoms with Gasteiger partial charge in [0, 0.05) is 19.2 Å². The zero-order chi connectivity index (χ0) is 11.1. The molecule has 2 N–H and O–H groups in total. The Kier molecular flexibility index (Phi) is 5.65. The lowest BCUT2D eigenvalue weighted by Gasteiger charge is -2.15. The fourth-order valence-electron chi connectivity index (χ4n) is 1.98. The maximum absolute atomic E-state index is 11.5. The zero-order valence-electron chi connectivity index (χ0n) is 9.71. The topological polar surface area (TPSA) is 50.4 Å². The highest BCUT2D eigenvalue weighted by molar-refractivity contribution is 5.78. The number of carbonyl (C=O) groups is 1. The van der Waals surface area contributed by atoms with E-state index in [0.29, 0.717) is 19.2 Å². The molecule has 1 atom stereocenters. The monoisotopic (exact) mass is 214 g/mol. The first-order valence-corrected chi connectivity index (χ1v) is 5.74. The van der Waals surface area contributed by atoms with Crippen LogP contribution >= 0.6 is 0 Å². The molecule has 1 fully saturated rings. The first kappa shape index (κ1) is 12.5. The Hall–Kier alpha value is -0.610. The van der Waals surface area contributed by atoms with Gasteiger partial charge in [-0.1, -0.05) is 12.8 Å². The Balaban J connectivity index is 2.07. The zero-order valence-corrected chi connectivity index (χ0v) is 9.71. The molecule has 1 amide bonds.